The molecule has 23 heavy (non-hydrogen) atoms. The molecule has 1 aliphatic heterocycles. The molecule has 0 bridgehead atoms. The van der Waals surface area contributed by atoms with Crippen molar-refractivity contribution in [3.05, 3.63) is 59.1 Å². The van der Waals surface area contributed by atoms with E-state index >= 15 is 0 Å². The molecule has 0 spiro atoms. The average molecular weight is 346 g/mol. The number of urea groups is 1. The number of nitrogens with one attached hydrogen (secondary N) is 1. The van der Waals surface area contributed by atoms with Crippen LogP contribution in [0.5, 0.6) is 0 Å². The molecule has 0 saturated heterocycles. The minimum Gasteiger partial charge on any atom is -0.307 e. The van der Waals surface area contributed by atoms with Crippen LogP contribution in [0.2, 0.25) is 5.02 Å². The summed E-state index contributed by atoms with van der Waals surface area (Å²) in [4.78, 5) is 18.9. The highest BCUT2D eigenvalue weighted by Gasteiger charge is 2.25. The first-order chi connectivity index (χ1) is 11.1. The maximum absolute atomic E-state index is 12.8. The fourth-order valence-corrected chi connectivity index (χ4v) is 3.37. The molecule has 0 saturated carbocycles. The molecular formula is C17H16ClN3OS. The Bertz CT molecular complexity index is 763. The van der Waals surface area contributed by atoms with Gasteiger partial charge in [0.05, 0.1) is 12.2 Å². The van der Waals surface area contributed by atoms with Crippen LogP contribution in [0.1, 0.15) is 5.56 Å². The summed E-state index contributed by atoms with van der Waals surface area (Å²) in [6, 6.07) is 14.6. The average Bonchev–Trinajstić information content (AvgIpc) is 3.03. The van der Waals surface area contributed by atoms with Gasteiger partial charge in [-0.15, -0.1) is 0 Å². The van der Waals surface area contributed by atoms with Crippen LogP contribution < -0.4 is 10.2 Å². The van der Waals surface area contributed by atoms with Gasteiger partial charge < -0.3 is 5.32 Å². The Morgan fingerprint density at radius 1 is 1.26 bits per heavy atom. The molecular weight excluding hydrogens is 330 g/mol. The van der Waals surface area contributed by atoms with E-state index < -0.39 is 0 Å². The Morgan fingerprint density at radius 3 is 2.78 bits per heavy atom. The molecule has 3 rings (SSSR count). The number of aryl methyl sites for hydroxylation is 1. The van der Waals surface area contributed by atoms with Crippen LogP contribution in [-0.4, -0.2) is 23.5 Å². The number of hydrogen-bond donors (Lipinski definition) is 1. The second kappa shape index (κ2) is 7.06. The summed E-state index contributed by atoms with van der Waals surface area (Å²) in [5.41, 5.74) is 2.51. The standard InChI is InChI=1S/C17H16ClN3OS/c1-12-5-2-3-8-15(12)21(17-19-9-10-23-17)16(22)20-14-7-4-6-13(18)11-14/h2-8,11H,9-10H2,1H3,(H,20,22). The van der Waals surface area contributed by atoms with Gasteiger partial charge in [-0.2, -0.15) is 0 Å². The summed E-state index contributed by atoms with van der Waals surface area (Å²) >= 11 is 7.57. The summed E-state index contributed by atoms with van der Waals surface area (Å²) in [6.45, 7) is 2.71. The second-order valence-electron chi connectivity index (χ2n) is 5.08. The maximum Gasteiger partial charge on any atom is 0.332 e. The van der Waals surface area contributed by atoms with Crippen molar-refractivity contribution in [3.8, 4) is 0 Å². The predicted octanol–water partition coefficient (Wildman–Crippen LogP) is 4.79. The van der Waals surface area contributed by atoms with Gasteiger partial charge in [0.1, 0.15) is 0 Å². The van der Waals surface area contributed by atoms with Gasteiger partial charge in [-0.05, 0) is 36.8 Å². The number of carbonyl (C=O) groups is 1. The minimum absolute atomic E-state index is 0.241. The zero-order chi connectivity index (χ0) is 16.2. The molecule has 0 aromatic heterocycles. The van der Waals surface area contributed by atoms with Crippen LogP contribution in [0.15, 0.2) is 53.5 Å². The lowest BCUT2D eigenvalue weighted by atomic mass is 10.2. The van der Waals surface area contributed by atoms with E-state index in [1.807, 2.05) is 37.3 Å². The Morgan fingerprint density at radius 2 is 2.09 bits per heavy atom. The number of thioether (sulfide) groups is 1. The molecule has 2 aromatic rings. The van der Waals surface area contributed by atoms with Gasteiger partial charge in [0, 0.05) is 16.5 Å². The number of anilines is 2. The first-order valence-corrected chi connectivity index (χ1v) is 8.61. The highest BCUT2D eigenvalue weighted by atomic mass is 35.5. The normalized spacial score (nSPS) is 13.6. The fraction of sp³-hybridized carbons (Fsp3) is 0.176. The second-order valence-corrected chi connectivity index (χ2v) is 6.57. The Labute approximate surface area is 144 Å². The van der Waals surface area contributed by atoms with Crippen LogP contribution in [0.25, 0.3) is 0 Å². The molecule has 1 heterocycles. The third kappa shape index (κ3) is 3.68. The highest BCUT2D eigenvalue weighted by Crippen LogP contribution is 2.27. The lowest BCUT2D eigenvalue weighted by molar-refractivity contribution is 0.259. The van der Waals surface area contributed by atoms with Gasteiger partial charge in [0.15, 0.2) is 5.17 Å². The SMILES string of the molecule is Cc1ccccc1N(C(=O)Nc1cccc(Cl)c1)C1=NCCS1. The van der Waals surface area contributed by atoms with Crippen molar-refractivity contribution in [1.82, 2.24) is 0 Å². The van der Waals surface area contributed by atoms with Gasteiger partial charge in [0.25, 0.3) is 0 Å². The monoisotopic (exact) mass is 345 g/mol. The topological polar surface area (TPSA) is 44.7 Å². The van der Waals surface area contributed by atoms with E-state index in [4.69, 9.17) is 11.6 Å². The predicted molar refractivity (Wildman–Crippen MR) is 98.9 cm³/mol. The van der Waals surface area contributed by atoms with Crippen molar-refractivity contribution in [3.63, 3.8) is 0 Å². The van der Waals surface area contributed by atoms with Crippen molar-refractivity contribution in [2.24, 2.45) is 4.99 Å². The fourth-order valence-electron chi connectivity index (χ4n) is 2.32. The molecule has 0 unspecified atom stereocenters. The van der Waals surface area contributed by atoms with Crippen molar-refractivity contribution >= 4 is 45.9 Å². The Balaban J connectivity index is 1.92. The van der Waals surface area contributed by atoms with E-state index in [0.717, 1.165) is 28.7 Å². The summed E-state index contributed by atoms with van der Waals surface area (Å²) in [5.74, 6) is 0.891. The van der Waals surface area contributed by atoms with E-state index in [-0.39, 0.29) is 6.03 Å². The number of nitrogens with zero attached hydrogens (tertiary/aromatic N) is 2. The van der Waals surface area contributed by atoms with Gasteiger partial charge in [0.2, 0.25) is 0 Å². The van der Waals surface area contributed by atoms with E-state index in [1.54, 1.807) is 34.9 Å². The highest BCUT2D eigenvalue weighted by molar-refractivity contribution is 8.14. The van der Waals surface area contributed by atoms with Crippen LogP contribution >= 0.6 is 23.4 Å². The van der Waals surface area contributed by atoms with E-state index in [9.17, 15) is 4.79 Å². The van der Waals surface area contributed by atoms with Crippen molar-refractivity contribution < 1.29 is 4.79 Å². The Kier molecular flexibility index (Phi) is 4.88. The Hall–Kier alpha value is -1.98. The number of rotatable bonds is 2. The number of hydrogen-bond acceptors (Lipinski definition) is 3. The molecule has 6 heteroatoms. The van der Waals surface area contributed by atoms with E-state index in [2.05, 4.69) is 10.3 Å². The molecule has 118 valence electrons. The smallest absolute Gasteiger partial charge is 0.307 e. The molecule has 1 aliphatic rings. The third-order valence-corrected chi connectivity index (χ3v) is 4.59. The van der Waals surface area contributed by atoms with Gasteiger partial charge in [-0.3, -0.25) is 4.99 Å². The molecule has 2 amide bonds. The van der Waals surface area contributed by atoms with Gasteiger partial charge in [-0.1, -0.05) is 47.6 Å². The van der Waals surface area contributed by atoms with Crippen molar-refractivity contribution in [2.75, 3.05) is 22.5 Å². The molecule has 0 aliphatic carbocycles. The number of halogens is 1. The van der Waals surface area contributed by atoms with E-state index in [1.165, 1.54) is 0 Å². The third-order valence-electron chi connectivity index (χ3n) is 3.40. The zero-order valence-electron chi connectivity index (χ0n) is 12.6. The molecule has 2 aromatic carbocycles. The van der Waals surface area contributed by atoms with Crippen molar-refractivity contribution in [2.45, 2.75) is 6.92 Å². The largest absolute Gasteiger partial charge is 0.332 e. The molecule has 0 fully saturated rings. The van der Waals surface area contributed by atoms with Crippen LogP contribution in [0, 0.1) is 6.92 Å². The van der Waals surface area contributed by atoms with Crippen LogP contribution in [-0.2, 0) is 0 Å². The molecule has 0 atom stereocenters. The van der Waals surface area contributed by atoms with Gasteiger partial charge >= 0.3 is 6.03 Å². The zero-order valence-corrected chi connectivity index (χ0v) is 14.2. The summed E-state index contributed by atoms with van der Waals surface area (Å²) in [6.07, 6.45) is 0. The number of amidine groups is 1. The lowest BCUT2D eigenvalue weighted by Crippen LogP contribution is -2.38. The van der Waals surface area contributed by atoms with Crippen molar-refractivity contribution in [1.29, 1.82) is 0 Å². The van der Waals surface area contributed by atoms with E-state index in [0.29, 0.717) is 10.7 Å². The summed E-state index contributed by atoms with van der Waals surface area (Å²) in [5, 5.41) is 4.20. The lowest BCUT2D eigenvalue weighted by Gasteiger charge is -2.24. The molecule has 4 nitrogen and oxygen atoms in total. The summed E-state index contributed by atoms with van der Waals surface area (Å²) < 4.78 is 0. The summed E-state index contributed by atoms with van der Waals surface area (Å²) in [7, 11) is 0. The van der Waals surface area contributed by atoms with Gasteiger partial charge in [-0.25, -0.2) is 9.69 Å². The quantitative estimate of drug-likeness (QED) is 0.850. The minimum atomic E-state index is -0.241. The van der Waals surface area contributed by atoms with Crippen LogP contribution in [0.3, 0.4) is 0 Å². The first-order valence-electron chi connectivity index (χ1n) is 7.25. The van der Waals surface area contributed by atoms with Crippen LogP contribution in [0.4, 0.5) is 16.2 Å². The maximum atomic E-state index is 12.8. The number of para-hydroxylation sites is 1. The number of aliphatic imine (C=N–C) groups is 1. The number of benzene rings is 2. The number of carbonyl (C=O) groups excluding carboxylic acids is 1. The molecule has 0 radical (unpaired) electrons. The number of amides is 2. The first kappa shape index (κ1) is 15.9. The molecule has 1 N–H and O–H groups in total.